The van der Waals surface area contributed by atoms with Crippen LogP contribution in [-0.2, 0) is 11.2 Å². The van der Waals surface area contributed by atoms with Gasteiger partial charge in [-0.05, 0) is 25.5 Å². The number of carbonyl (C=O) groups excluding carboxylic acids is 1. The highest BCUT2D eigenvalue weighted by atomic mass is 16.1. The molecule has 0 aliphatic carbocycles. The number of hydrogen-bond acceptors (Lipinski definition) is 6. The van der Waals surface area contributed by atoms with Crippen molar-refractivity contribution < 1.29 is 4.79 Å². The predicted octanol–water partition coefficient (Wildman–Crippen LogP) is 1.10. The van der Waals surface area contributed by atoms with Crippen LogP contribution < -0.4 is 10.6 Å². The first-order valence-corrected chi connectivity index (χ1v) is 8.65. The van der Waals surface area contributed by atoms with E-state index in [9.17, 15) is 4.79 Å². The molecule has 7 nitrogen and oxygen atoms in total. The van der Waals surface area contributed by atoms with Gasteiger partial charge in [0.05, 0.1) is 6.04 Å². The second-order valence-corrected chi connectivity index (χ2v) is 6.23. The quantitative estimate of drug-likeness (QED) is 0.877. The standard InChI is InChI=1S/C18H24N6O/c1-3-15-12-16(22-18(21-15)14-4-6-20-7-5-14)24-10-8-23(9-11-24)13(2)17(19)25/h4-7,12-13H,3,8-11H2,1-2H3,(H2,19,25). The molecule has 0 bridgehead atoms. The van der Waals surface area contributed by atoms with Gasteiger partial charge in [0, 0.05) is 55.9 Å². The molecule has 1 saturated heterocycles. The number of hydrogen-bond donors (Lipinski definition) is 1. The Hall–Kier alpha value is -2.54. The lowest BCUT2D eigenvalue weighted by molar-refractivity contribution is -0.122. The molecule has 1 unspecified atom stereocenters. The summed E-state index contributed by atoms with van der Waals surface area (Å²) in [6.07, 6.45) is 4.36. The molecule has 0 aromatic carbocycles. The molecule has 2 aromatic heterocycles. The molecule has 3 heterocycles. The van der Waals surface area contributed by atoms with Gasteiger partial charge in [-0.1, -0.05) is 6.92 Å². The van der Waals surface area contributed by atoms with Gasteiger partial charge in [0.2, 0.25) is 5.91 Å². The van der Waals surface area contributed by atoms with Crippen molar-refractivity contribution in [3.63, 3.8) is 0 Å². The minimum absolute atomic E-state index is 0.230. The van der Waals surface area contributed by atoms with Crippen LogP contribution in [0.4, 0.5) is 5.82 Å². The number of aromatic nitrogens is 3. The van der Waals surface area contributed by atoms with Crippen LogP contribution in [0.5, 0.6) is 0 Å². The summed E-state index contributed by atoms with van der Waals surface area (Å²) in [5, 5.41) is 0. The number of primary amides is 1. The molecule has 0 radical (unpaired) electrons. The third kappa shape index (κ3) is 3.93. The predicted molar refractivity (Wildman–Crippen MR) is 97.1 cm³/mol. The van der Waals surface area contributed by atoms with Crippen molar-refractivity contribution >= 4 is 11.7 Å². The fourth-order valence-corrected chi connectivity index (χ4v) is 2.97. The molecular weight excluding hydrogens is 316 g/mol. The Morgan fingerprint density at radius 1 is 1.20 bits per heavy atom. The Morgan fingerprint density at radius 2 is 1.88 bits per heavy atom. The zero-order valence-electron chi connectivity index (χ0n) is 14.7. The van der Waals surface area contributed by atoms with Gasteiger partial charge < -0.3 is 10.6 Å². The van der Waals surface area contributed by atoms with E-state index in [-0.39, 0.29) is 11.9 Å². The maximum Gasteiger partial charge on any atom is 0.234 e. The minimum Gasteiger partial charge on any atom is -0.368 e. The highest BCUT2D eigenvalue weighted by molar-refractivity contribution is 5.79. The van der Waals surface area contributed by atoms with E-state index >= 15 is 0 Å². The van der Waals surface area contributed by atoms with Crippen LogP contribution >= 0.6 is 0 Å². The fraction of sp³-hybridized carbons (Fsp3) is 0.444. The first kappa shape index (κ1) is 17.3. The number of carbonyl (C=O) groups is 1. The number of amides is 1. The Labute approximate surface area is 147 Å². The molecule has 1 fully saturated rings. The number of nitrogens with two attached hydrogens (primary N) is 1. The first-order valence-electron chi connectivity index (χ1n) is 8.65. The van der Waals surface area contributed by atoms with Crippen molar-refractivity contribution in [1.29, 1.82) is 0 Å². The molecule has 3 rings (SSSR count). The van der Waals surface area contributed by atoms with Gasteiger partial charge in [-0.15, -0.1) is 0 Å². The summed E-state index contributed by atoms with van der Waals surface area (Å²) < 4.78 is 0. The van der Waals surface area contributed by atoms with E-state index in [1.165, 1.54) is 0 Å². The second kappa shape index (κ2) is 7.57. The van der Waals surface area contributed by atoms with E-state index in [1.54, 1.807) is 12.4 Å². The van der Waals surface area contributed by atoms with Crippen LogP contribution in [0, 0.1) is 0 Å². The molecule has 1 aliphatic rings. The summed E-state index contributed by atoms with van der Waals surface area (Å²) in [5.74, 6) is 1.39. The van der Waals surface area contributed by atoms with Gasteiger partial charge in [0.25, 0.3) is 0 Å². The van der Waals surface area contributed by atoms with E-state index in [4.69, 9.17) is 10.7 Å². The number of nitrogens with zero attached hydrogens (tertiary/aromatic N) is 5. The number of rotatable bonds is 5. The summed E-state index contributed by atoms with van der Waals surface area (Å²) in [4.78, 5) is 29.2. The maximum atomic E-state index is 11.4. The third-order valence-corrected chi connectivity index (χ3v) is 4.66. The number of piperazine rings is 1. The van der Waals surface area contributed by atoms with Crippen LogP contribution in [0.25, 0.3) is 11.4 Å². The zero-order chi connectivity index (χ0) is 17.8. The van der Waals surface area contributed by atoms with Crippen molar-refractivity contribution in [2.75, 3.05) is 31.1 Å². The lowest BCUT2D eigenvalue weighted by Crippen LogP contribution is -2.53. The molecule has 1 amide bonds. The van der Waals surface area contributed by atoms with Gasteiger partial charge in [0.15, 0.2) is 5.82 Å². The molecule has 25 heavy (non-hydrogen) atoms. The monoisotopic (exact) mass is 340 g/mol. The zero-order valence-corrected chi connectivity index (χ0v) is 14.7. The van der Waals surface area contributed by atoms with E-state index in [1.807, 2.05) is 19.1 Å². The normalized spacial score (nSPS) is 16.6. The Kier molecular flexibility index (Phi) is 5.23. The lowest BCUT2D eigenvalue weighted by Gasteiger charge is -2.37. The first-order chi connectivity index (χ1) is 12.1. The van der Waals surface area contributed by atoms with Crippen LogP contribution in [0.3, 0.4) is 0 Å². The van der Waals surface area contributed by atoms with Crippen molar-refractivity contribution in [2.24, 2.45) is 5.73 Å². The SMILES string of the molecule is CCc1cc(N2CCN(C(C)C(N)=O)CC2)nc(-c2ccncc2)n1. The van der Waals surface area contributed by atoms with Gasteiger partial charge in [-0.3, -0.25) is 14.7 Å². The van der Waals surface area contributed by atoms with Gasteiger partial charge >= 0.3 is 0 Å². The average molecular weight is 340 g/mol. The van der Waals surface area contributed by atoms with Crippen molar-refractivity contribution in [3.8, 4) is 11.4 Å². The number of pyridine rings is 1. The number of aryl methyl sites for hydroxylation is 1. The summed E-state index contributed by atoms with van der Waals surface area (Å²) in [5.41, 5.74) is 7.40. The van der Waals surface area contributed by atoms with Crippen molar-refractivity contribution in [1.82, 2.24) is 19.9 Å². The molecule has 2 N–H and O–H groups in total. The molecule has 0 saturated carbocycles. The Morgan fingerprint density at radius 3 is 2.48 bits per heavy atom. The molecule has 7 heteroatoms. The third-order valence-electron chi connectivity index (χ3n) is 4.66. The summed E-state index contributed by atoms with van der Waals surface area (Å²) in [7, 11) is 0. The van der Waals surface area contributed by atoms with E-state index in [2.05, 4.69) is 32.8 Å². The van der Waals surface area contributed by atoms with E-state index in [0.717, 1.165) is 55.5 Å². The minimum atomic E-state index is -0.274. The van der Waals surface area contributed by atoms with Crippen LogP contribution in [0.15, 0.2) is 30.6 Å². The number of anilines is 1. The molecule has 2 aromatic rings. The molecule has 1 aliphatic heterocycles. The molecule has 0 spiro atoms. The van der Waals surface area contributed by atoms with Crippen molar-refractivity contribution in [3.05, 3.63) is 36.3 Å². The average Bonchev–Trinajstić information content (AvgIpc) is 2.67. The topological polar surface area (TPSA) is 88.2 Å². The van der Waals surface area contributed by atoms with E-state index < -0.39 is 0 Å². The summed E-state index contributed by atoms with van der Waals surface area (Å²) >= 11 is 0. The summed E-state index contributed by atoms with van der Waals surface area (Å²) in [6.45, 7) is 7.16. The van der Waals surface area contributed by atoms with Crippen LogP contribution in [0.1, 0.15) is 19.5 Å². The second-order valence-electron chi connectivity index (χ2n) is 6.23. The van der Waals surface area contributed by atoms with Crippen molar-refractivity contribution in [2.45, 2.75) is 26.3 Å². The van der Waals surface area contributed by atoms with Crippen LogP contribution in [-0.4, -0.2) is 58.0 Å². The van der Waals surface area contributed by atoms with Gasteiger partial charge in [-0.25, -0.2) is 9.97 Å². The molecular formula is C18H24N6O. The molecule has 1 atom stereocenters. The summed E-state index contributed by atoms with van der Waals surface area (Å²) in [6, 6.07) is 5.67. The molecule has 132 valence electrons. The highest BCUT2D eigenvalue weighted by Crippen LogP contribution is 2.21. The lowest BCUT2D eigenvalue weighted by atomic mass is 10.2. The Bertz CT molecular complexity index is 728. The van der Waals surface area contributed by atoms with Gasteiger partial charge in [-0.2, -0.15) is 0 Å². The largest absolute Gasteiger partial charge is 0.368 e. The van der Waals surface area contributed by atoms with Crippen LogP contribution in [0.2, 0.25) is 0 Å². The maximum absolute atomic E-state index is 11.4. The smallest absolute Gasteiger partial charge is 0.234 e. The van der Waals surface area contributed by atoms with Gasteiger partial charge in [0.1, 0.15) is 5.82 Å². The Balaban J connectivity index is 1.80. The fourth-order valence-electron chi connectivity index (χ4n) is 2.97. The highest BCUT2D eigenvalue weighted by Gasteiger charge is 2.25. The van der Waals surface area contributed by atoms with E-state index in [0.29, 0.717) is 0 Å².